The van der Waals surface area contributed by atoms with Gasteiger partial charge in [-0.2, -0.15) is 5.26 Å². The van der Waals surface area contributed by atoms with Crippen LogP contribution in [0.3, 0.4) is 0 Å². The minimum atomic E-state index is -0.198. The second-order valence-corrected chi connectivity index (χ2v) is 5.57. The van der Waals surface area contributed by atoms with Crippen LogP contribution in [0.1, 0.15) is 18.9 Å². The summed E-state index contributed by atoms with van der Waals surface area (Å²) in [5.74, 6) is 0.276. The fraction of sp³-hybridized carbons (Fsp3) is 0.353. The highest BCUT2D eigenvalue weighted by Crippen LogP contribution is 2.32. The van der Waals surface area contributed by atoms with Gasteiger partial charge in [-0.3, -0.25) is 0 Å². The van der Waals surface area contributed by atoms with Crippen LogP contribution >= 0.6 is 0 Å². The van der Waals surface area contributed by atoms with E-state index in [2.05, 4.69) is 24.0 Å². The molecule has 1 heterocycles. The average Bonchev–Trinajstić information content (AvgIpc) is 2.49. The first kappa shape index (κ1) is 13.0. The van der Waals surface area contributed by atoms with Crippen molar-refractivity contribution in [3.8, 4) is 6.07 Å². The molecule has 0 aromatic heterocycles. The molecule has 0 aliphatic carbocycles. The molecule has 0 spiro atoms. The van der Waals surface area contributed by atoms with Crippen LogP contribution in [-0.4, -0.2) is 24.3 Å². The van der Waals surface area contributed by atoms with E-state index in [-0.39, 0.29) is 12.0 Å². The van der Waals surface area contributed by atoms with Crippen LogP contribution in [0.25, 0.3) is 10.8 Å². The van der Waals surface area contributed by atoms with E-state index in [0.717, 1.165) is 35.8 Å². The summed E-state index contributed by atoms with van der Waals surface area (Å²) in [6, 6.07) is 14.2. The number of rotatable bonds is 1. The van der Waals surface area contributed by atoms with E-state index in [4.69, 9.17) is 0 Å². The summed E-state index contributed by atoms with van der Waals surface area (Å²) in [5, 5.41) is 21.2. The van der Waals surface area contributed by atoms with E-state index in [0.29, 0.717) is 0 Å². The quantitative estimate of drug-likeness (QED) is 0.863. The zero-order valence-electron chi connectivity index (χ0n) is 11.6. The van der Waals surface area contributed by atoms with Gasteiger partial charge in [0.25, 0.3) is 0 Å². The minimum Gasteiger partial charge on any atom is -0.393 e. The fourth-order valence-electron chi connectivity index (χ4n) is 3.01. The number of piperidine rings is 1. The Balaban J connectivity index is 2.07. The Hall–Kier alpha value is -2.05. The summed E-state index contributed by atoms with van der Waals surface area (Å²) in [7, 11) is 0. The number of anilines is 1. The zero-order chi connectivity index (χ0) is 14.1. The van der Waals surface area contributed by atoms with Crippen LogP contribution < -0.4 is 4.90 Å². The fourth-order valence-corrected chi connectivity index (χ4v) is 3.01. The van der Waals surface area contributed by atoms with Gasteiger partial charge >= 0.3 is 0 Å². The predicted molar refractivity (Wildman–Crippen MR) is 80.7 cm³/mol. The molecule has 0 bridgehead atoms. The number of hydrogen-bond donors (Lipinski definition) is 1. The third kappa shape index (κ3) is 2.13. The maximum Gasteiger partial charge on any atom is 0.0998 e. The molecule has 2 unspecified atom stereocenters. The molecule has 2 aromatic carbocycles. The summed E-state index contributed by atoms with van der Waals surface area (Å²) in [5.41, 5.74) is 1.88. The van der Waals surface area contributed by atoms with Crippen molar-refractivity contribution in [1.82, 2.24) is 0 Å². The topological polar surface area (TPSA) is 47.3 Å². The van der Waals surface area contributed by atoms with Crippen molar-refractivity contribution in [1.29, 1.82) is 5.26 Å². The number of aliphatic hydroxyl groups is 1. The molecule has 1 aliphatic heterocycles. The molecule has 1 aliphatic rings. The van der Waals surface area contributed by atoms with Crippen LogP contribution in [0.15, 0.2) is 36.4 Å². The van der Waals surface area contributed by atoms with Crippen LogP contribution in [0, 0.1) is 17.2 Å². The summed E-state index contributed by atoms with van der Waals surface area (Å²) in [4.78, 5) is 2.32. The number of hydrogen-bond acceptors (Lipinski definition) is 3. The first-order valence-electron chi connectivity index (χ1n) is 7.05. The Morgan fingerprint density at radius 1 is 1.20 bits per heavy atom. The van der Waals surface area contributed by atoms with Crippen molar-refractivity contribution in [2.24, 2.45) is 5.92 Å². The SMILES string of the molecule is CC1CN(c2ccc(C#N)c3ccccc23)CCC1O. The third-order valence-electron chi connectivity index (χ3n) is 4.22. The first-order valence-corrected chi connectivity index (χ1v) is 7.05. The first-order chi connectivity index (χ1) is 9.70. The van der Waals surface area contributed by atoms with Gasteiger partial charge in [0, 0.05) is 29.5 Å². The van der Waals surface area contributed by atoms with Crippen molar-refractivity contribution in [2.45, 2.75) is 19.4 Å². The maximum absolute atomic E-state index is 9.87. The van der Waals surface area contributed by atoms with E-state index in [1.807, 2.05) is 30.3 Å². The van der Waals surface area contributed by atoms with Crippen LogP contribution in [-0.2, 0) is 0 Å². The van der Waals surface area contributed by atoms with Gasteiger partial charge in [-0.15, -0.1) is 0 Å². The molecule has 1 saturated heterocycles. The lowest BCUT2D eigenvalue weighted by Gasteiger charge is -2.36. The molecule has 102 valence electrons. The van der Waals surface area contributed by atoms with Gasteiger partial charge in [0.2, 0.25) is 0 Å². The van der Waals surface area contributed by atoms with E-state index in [1.54, 1.807) is 0 Å². The van der Waals surface area contributed by atoms with Crippen LogP contribution in [0.5, 0.6) is 0 Å². The highest BCUT2D eigenvalue weighted by molar-refractivity contribution is 5.97. The van der Waals surface area contributed by atoms with Crippen molar-refractivity contribution >= 4 is 16.5 Å². The molecule has 3 heteroatoms. The molecular weight excluding hydrogens is 248 g/mol. The molecule has 0 saturated carbocycles. The van der Waals surface area contributed by atoms with Crippen molar-refractivity contribution in [3.63, 3.8) is 0 Å². The average molecular weight is 266 g/mol. The molecule has 2 aromatic rings. The Morgan fingerprint density at radius 2 is 1.95 bits per heavy atom. The molecule has 0 radical (unpaired) electrons. The van der Waals surface area contributed by atoms with Crippen molar-refractivity contribution in [3.05, 3.63) is 42.0 Å². The lowest BCUT2D eigenvalue weighted by Crippen LogP contribution is -2.42. The van der Waals surface area contributed by atoms with Gasteiger partial charge in [0.05, 0.1) is 17.7 Å². The molecule has 1 fully saturated rings. The lowest BCUT2D eigenvalue weighted by atomic mass is 9.95. The predicted octanol–water partition coefficient (Wildman–Crippen LogP) is 2.92. The zero-order valence-corrected chi connectivity index (χ0v) is 11.6. The Bertz CT molecular complexity index is 674. The number of benzene rings is 2. The number of fused-ring (bicyclic) bond motifs is 1. The Morgan fingerprint density at radius 3 is 2.65 bits per heavy atom. The summed E-state index contributed by atoms with van der Waals surface area (Å²) in [6.07, 6.45) is 0.603. The summed E-state index contributed by atoms with van der Waals surface area (Å²) >= 11 is 0. The van der Waals surface area contributed by atoms with Gasteiger partial charge in [0.1, 0.15) is 0 Å². The molecule has 20 heavy (non-hydrogen) atoms. The van der Waals surface area contributed by atoms with Crippen molar-refractivity contribution in [2.75, 3.05) is 18.0 Å². The molecule has 3 rings (SSSR count). The maximum atomic E-state index is 9.87. The van der Waals surface area contributed by atoms with Crippen LogP contribution in [0.4, 0.5) is 5.69 Å². The molecule has 1 N–H and O–H groups in total. The summed E-state index contributed by atoms with van der Waals surface area (Å²) < 4.78 is 0. The lowest BCUT2D eigenvalue weighted by molar-refractivity contribution is 0.0972. The van der Waals surface area contributed by atoms with Gasteiger partial charge in [-0.05, 0) is 24.5 Å². The number of aliphatic hydroxyl groups excluding tert-OH is 1. The monoisotopic (exact) mass is 266 g/mol. The van der Waals surface area contributed by atoms with Crippen LogP contribution in [0.2, 0.25) is 0 Å². The van der Waals surface area contributed by atoms with E-state index < -0.39 is 0 Å². The van der Waals surface area contributed by atoms with Crippen molar-refractivity contribution < 1.29 is 5.11 Å². The van der Waals surface area contributed by atoms with Gasteiger partial charge in [0.15, 0.2) is 0 Å². The number of nitrogens with zero attached hydrogens (tertiary/aromatic N) is 2. The minimum absolute atomic E-state index is 0.198. The Kier molecular flexibility index (Phi) is 3.33. The molecule has 3 nitrogen and oxygen atoms in total. The third-order valence-corrected chi connectivity index (χ3v) is 4.22. The van der Waals surface area contributed by atoms with E-state index in [1.165, 1.54) is 5.69 Å². The largest absolute Gasteiger partial charge is 0.393 e. The highest BCUT2D eigenvalue weighted by Gasteiger charge is 2.25. The Labute approximate surface area is 119 Å². The smallest absolute Gasteiger partial charge is 0.0998 e. The van der Waals surface area contributed by atoms with Gasteiger partial charge in [-0.25, -0.2) is 0 Å². The summed E-state index contributed by atoms with van der Waals surface area (Å²) in [6.45, 7) is 3.81. The van der Waals surface area contributed by atoms with Gasteiger partial charge < -0.3 is 10.0 Å². The highest BCUT2D eigenvalue weighted by atomic mass is 16.3. The standard InChI is InChI=1S/C17H18N2O/c1-12-11-19(9-8-17(12)20)16-7-6-13(10-18)14-4-2-3-5-15(14)16/h2-7,12,17,20H,8-9,11H2,1H3. The normalized spacial score (nSPS) is 22.8. The second-order valence-electron chi connectivity index (χ2n) is 5.57. The second kappa shape index (κ2) is 5.15. The molecule has 2 atom stereocenters. The number of nitriles is 1. The van der Waals surface area contributed by atoms with E-state index in [9.17, 15) is 10.4 Å². The van der Waals surface area contributed by atoms with Gasteiger partial charge in [-0.1, -0.05) is 31.2 Å². The molecule has 0 amide bonds. The molecular formula is C17H18N2O. The van der Waals surface area contributed by atoms with E-state index >= 15 is 0 Å².